The Labute approximate surface area is 122 Å². The van der Waals surface area contributed by atoms with Gasteiger partial charge in [0.2, 0.25) is 0 Å². The summed E-state index contributed by atoms with van der Waals surface area (Å²) >= 11 is 0. The fourth-order valence-corrected chi connectivity index (χ4v) is 1.61. The van der Waals surface area contributed by atoms with E-state index in [1.807, 2.05) is 18.2 Å². The van der Waals surface area contributed by atoms with Crippen molar-refractivity contribution >= 4 is 12.1 Å². The van der Waals surface area contributed by atoms with E-state index in [1.54, 1.807) is 43.3 Å². The van der Waals surface area contributed by atoms with Crippen molar-refractivity contribution in [1.29, 1.82) is 0 Å². The van der Waals surface area contributed by atoms with Crippen LogP contribution in [0.3, 0.4) is 0 Å². The number of carbonyl (C=O) groups excluding carboxylic acids is 1. The molecule has 1 amide bonds. The number of para-hydroxylation sites is 2. The summed E-state index contributed by atoms with van der Waals surface area (Å²) < 4.78 is 5.47. The summed E-state index contributed by atoms with van der Waals surface area (Å²) in [5, 5.41) is 13.4. The molecule has 0 heterocycles. The molecule has 2 rings (SSSR count). The molecule has 0 saturated heterocycles. The Bertz CT molecular complexity index is 626. The van der Waals surface area contributed by atoms with E-state index in [9.17, 15) is 9.90 Å². The summed E-state index contributed by atoms with van der Waals surface area (Å²) in [6.07, 6.45) is 0.705. The lowest BCUT2D eigenvalue weighted by molar-refractivity contribution is -0.127. The Balaban J connectivity index is 1.88. The lowest BCUT2D eigenvalue weighted by Crippen LogP contribution is -2.33. The highest BCUT2D eigenvalue weighted by molar-refractivity contribution is 5.86. The van der Waals surface area contributed by atoms with Crippen LogP contribution in [0, 0.1) is 0 Å². The third-order valence-electron chi connectivity index (χ3n) is 2.74. The largest absolute Gasteiger partial charge is 0.507 e. The summed E-state index contributed by atoms with van der Waals surface area (Å²) in [6.45, 7) is 1.64. The van der Waals surface area contributed by atoms with Crippen molar-refractivity contribution in [2.24, 2.45) is 5.10 Å². The zero-order valence-electron chi connectivity index (χ0n) is 11.6. The monoisotopic (exact) mass is 284 g/mol. The van der Waals surface area contributed by atoms with Gasteiger partial charge >= 0.3 is 0 Å². The standard InChI is InChI=1S/C16H16N2O3/c1-12(21-14-8-3-2-4-9-14)16(20)18-17-11-13-7-5-6-10-15(13)19/h2-12,19H,1H3,(H,18,20)/b17-11+. The smallest absolute Gasteiger partial charge is 0.280 e. The maximum Gasteiger partial charge on any atom is 0.280 e. The molecule has 2 aromatic carbocycles. The third kappa shape index (κ3) is 4.35. The summed E-state index contributed by atoms with van der Waals surface area (Å²) in [7, 11) is 0. The first kappa shape index (κ1) is 14.6. The van der Waals surface area contributed by atoms with Gasteiger partial charge in [0.25, 0.3) is 5.91 Å². The van der Waals surface area contributed by atoms with Crippen LogP contribution in [-0.4, -0.2) is 23.3 Å². The minimum atomic E-state index is -0.672. The second-order valence-electron chi connectivity index (χ2n) is 4.37. The van der Waals surface area contributed by atoms with Crippen LogP contribution in [0.5, 0.6) is 11.5 Å². The number of nitrogens with one attached hydrogen (secondary N) is 1. The van der Waals surface area contributed by atoms with Gasteiger partial charge in [0.05, 0.1) is 6.21 Å². The van der Waals surface area contributed by atoms with Gasteiger partial charge in [0.15, 0.2) is 6.10 Å². The first-order valence-corrected chi connectivity index (χ1v) is 6.49. The van der Waals surface area contributed by atoms with E-state index in [1.165, 1.54) is 6.21 Å². The highest BCUT2D eigenvalue weighted by Gasteiger charge is 2.13. The van der Waals surface area contributed by atoms with Crippen molar-refractivity contribution in [1.82, 2.24) is 5.43 Å². The number of amides is 1. The van der Waals surface area contributed by atoms with Crippen molar-refractivity contribution < 1.29 is 14.6 Å². The Morgan fingerprint density at radius 3 is 2.57 bits per heavy atom. The molecule has 0 spiro atoms. The lowest BCUT2D eigenvalue weighted by Gasteiger charge is -2.12. The molecular weight excluding hydrogens is 268 g/mol. The van der Waals surface area contributed by atoms with Gasteiger partial charge < -0.3 is 9.84 Å². The van der Waals surface area contributed by atoms with Crippen molar-refractivity contribution in [3.8, 4) is 11.5 Å². The first-order valence-electron chi connectivity index (χ1n) is 6.49. The average Bonchev–Trinajstić information content (AvgIpc) is 2.50. The molecule has 0 fully saturated rings. The van der Waals surface area contributed by atoms with Crippen LogP contribution in [-0.2, 0) is 4.79 Å². The van der Waals surface area contributed by atoms with Crippen LogP contribution in [0.25, 0.3) is 0 Å². The van der Waals surface area contributed by atoms with Crippen LogP contribution in [0.1, 0.15) is 12.5 Å². The second kappa shape index (κ2) is 7.09. The Kier molecular flexibility index (Phi) is 4.93. The van der Waals surface area contributed by atoms with Crippen LogP contribution in [0.15, 0.2) is 59.7 Å². The number of phenolic OH excluding ortho intramolecular Hbond substituents is 1. The number of hydrogen-bond acceptors (Lipinski definition) is 4. The number of ether oxygens (including phenoxy) is 1. The molecule has 0 aromatic heterocycles. The fraction of sp³-hybridized carbons (Fsp3) is 0.125. The number of hydrazone groups is 1. The molecule has 5 heteroatoms. The van der Waals surface area contributed by atoms with Crippen molar-refractivity contribution in [3.05, 3.63) is 60.2 Å². The molecule has 0 radical (unpaired) electrons. The van der Waals surface area contributed by atoms with E-state index < -0.39 is 6.10 Å². The van der Waals surface area contributed by atoms with Crippen LogP contribution in [0.4, 0.5) is 0 Å². The molecule has 108 valence electrons. The summed E-state index contributed by atoms with van der Waals surface area (Å²) in [6, 6.07) is 15.8. The van der Waals surface area contributed by atoms with Gasteiger partial charge in [0, 0.05) is 5.56 Å². The SMILES string of the molecule is CC(Oc1ccccc1)C(=O)N/N=C/c1ccccc1O. The van der Waals surface area contributed by atoms with Crippen LogP contribution in [0.2, 0.25) is 0 Å². The summed E-state index contributed by atoms with van der Waals surface area (Å²) in [5.41, 5.74) is 2.90. The van der Waals surface area contributed by atoms with Gasteiger partial charge in [-0.2, -0.15) is 5.10 Å². The van der Waals surface area contributed by atoms with Crippen molar-refractivity contribution in [3.63, 3.8) is 0 Å². The number of nitrogens with zero attached hydrogens (tertiary/aromatic N) is 1. The number of carbonyl (C=O) groups is 1. The molecule has 2 aromatic rings. The van der Waals surface area contributed by atoms with E-state index in [-0.39, 0.29) is 11.7 Å². The number of hydrogen-bond donors (Lipinski definition) is 2. The summed E-state index contributed by atoms with van der Waals surface area (Å²) in [4.78, 5) is 11.8. The van der Waals surface area contributed by atoms with Gasteiger partial charge in [-0.3, -0.25) is 4.79 Å². The Morgan fingerprint density at radius 2 is 1.86 bits per heavy atom. The molecule has 0 aliphatic carbocycles. The highest BCUT2D eigenvalue weighted by atomic mass is 16.5. The normalized spacial score (nSPS) is 12.0. The predicted octanol–water partition coefficient (Wildman–Crippen LogP) is 2.31. The minimum Gasteiger partial charge on any atom is -0.507 e. The predicted molar refractivity (Wildman–Crippen MR) is 80.4 cm³/mol. The average molecular weight is 284 g/mol. The van der Waals surface area contributed by atoms with Crippen molar-refractivity contribution in [2.75, 3.05) is 0 Å². The first-order chi connectivity index (χ1) is 10.2. The zero-order chi connectivity index (χ0) is 15.1. The van der Waals surface area contributed by atoms with Crippen LogP contribution >= 0.6 is 0 Å². The molecule has 1 atom stereocenters. The van der Waals surface area contributed by atoms with Gasteiger partial charge in [-0.05, 0) is 31.2 Å². The molecule has 21 heavy (non-hydrogen) atoms. The maximum absolute atomic E-state index is 11.8. The van der Waals surface area contributed by atoms with Crippen LogP contribution < -0.4 is 10.2 Å². The minimum absolute atomic E-state index is 0.101. The Morgan fingerprint density at radius 1 is 1.19 bits per heavy atom. The number of rotatable bonds is 5. The van der Waals surface area contributed by atoms with Gasteiger partial charge in [-0.15, -0.1) is 0 Å². The molecule has 5 nitrogen and oxygen atoms in total. The van der Waals surface area contributed by atoms with Gasteiger partial charge in [-0.1, -0.05) is 30.3 Å². The molecule has 1 unspecified atom stereocenters. The quantitative estimate of drug-likeness (QED) is 0.654. The molecule has 2 N–H and O–H groups in total. The topological polar surface area (TPSA) is 70.9 Å². The second-order valence-corrected chi connectivity index (χ2v) is 4.37. The molecule has 0 saturated carbocycles. The molecule has 0 aliphatic heterocycles. The van der Waals surface area contributed by atoms with Gasteiger partial charge in [-0.25, -0.2) is 5.43 Å². The maximum atomic E-state index is 11.8. The van der Waals surface area contributed by atoms with E-state index in [0.717, 1.165) is 0 Å². The molecule has 0 aliphatic rings. The third-order valence-corrected chi connectivity index (χ3v) is 2.74. The molecule has 0 bridgehead atoms. The van der Waals surface area contributed by atoms with Gasteiger partial charge in [0.1, 0.15) is 11.5 Å². The van der Waals surface area contributed by atoms with E-state index in [2.05, 4.69) is 10.5 Å². The summed E-state index contributed by atoms with van der Waals surface area (Å²) in [5.74, 6) is 0.347. The number of benzene rings is 2. The Hall–Kier alpha value is -2.82. The van der Waals surface area contributed by atoms with E-state index in [4.69, 9.17) is 4.74 Å². The zero-order valence-corrected chi connectivity index (χ0v) is 11.6. The van der Waals surface area contributed by atoms with Crippen molar-refractivity contribution in [2.45, 2.75) is 13.0 Å². The fourth-order valence-electron chi connectivity index (χ4n) is 1.61. The highest BCUT2D eigenvalue weighted by Crippen LogP contribution is 2.13. The number of phenols is 1. The van der Waals surface area contributed by atoms with E-state index in [0.29, 0.717) is 11.3 Å². The lowest BCUT2D eigenvalue weighted by atomic mass is 10.2. The molecular formula is C16H16N2O3. The number of aromatic hydroxyl groups is 1. The van der Waals surface area contributed by atoms with E-state index >= 15 is 0 Å².